The Kier molecular flexibility index (Phi) is 5.19. The second kappa shape index (κ2) is 8.44. The first-order valence-corrected chi connectivity index (χ1v) is 10.4. The van der Waals surface area contributed by atoms with E-state index in [2.05, 4.69) is 27.0 Å². The van der Waals surface area contributed by atoms with Crippen LogP contribution in [-0.4, -0.2) is 51.5 Å². The normalized spacial score (nSPS) is 13.9. The number of anilines is 1. The maximum Gasteiger partial charge on any atom is 0.253 e. The van der Waals surface area contributed by atoms with Gasteiger partial charge in [0.25, 0.3) is 5.91 Å². The number of aromatic nitrogens is 3. The van der Waals surface area contributed by atoms with E-state index in [1.807, 2.05) is 82.5 Å². The number of piperazine rings is 1. The molecule has 1 aliphatic heterocycles. The van der Waals surface area contributed by atoms with E-state index in [9.17, 15) is 4.79 Å². The van der Waals surface area contributed by atoms with E-state index in [0.29, 0.717) is 13.1 Å². The summed E-state index contributed by atoms with van der Waals surface area (Å²) < 4.78 is 1.96. The van der Waals surface area contributed by atoms with Gasteiger partial charge in [-0.25, -0.2) is 9.97 Å². The second-order valence-corrected chi connectivity index (χ2v) is 7.55. The zero-order valence-corrected chi connectivity index (χ0v) is 17.1. The van der Waals surface area contributed by atoms with Crippen molar-refractivity contribution in [2.45, 2.75) is 0 Å². The number of amides is 1. The van der Waals surface area contributed by atoms with Crippen molar-refractivity contribution in [1.82, 2.24) is 19.4 Å². The number of nitrogens with zero attached hydrogens (tertiary/aromatic N) is 5. The third kappa shape index (κ3) is 4.05. The minimum atomic E-state index is 0.0787. The van der Waals surface area contributed by atoms with Crippen molar-refractivity contribution in [3.05, 3.63) is 97.1 Å². The van der Waals surface area contributed by atoms with Crippen molar-refractivity contribution in [3.8, 4) is 16.9 Å². The molecule has 6 heteroatoms. The van der Waals surface area contributed by atoms with E-state index in [1.54, 1.807) is 6.33 Å². The maximum absolute atomic E-state index is 13.0. The molecular formula is C25H23N5O. The largest absolute Gasteiger partial charge is 0.353 e. The molecule has 0 atom stereocenters. The van der Waals surface area contributed by atoms with Crippen molar-refractivity contribution in [2.75, 3.05) is 31.1 Å². The zero-order chi connectivity index (χ0) is 21.0. The van der Waals surface area contributed by atoms with E-state index in [1.165, 1.54) is 0 Å². The fourth-order valence-electron chi connectivity index (χ4n) is 3.90. The van der Waals surface area contributed by atoms with Gasteiger partial charge in [0.2, 0.25) is 0 Å². The smallest absolute Gasteiger partial charge is 0.253 e. The van der Waals surface area contributed by atoms with Gasteiger partial charge in [-0.3, -0.25) is 4.79 Å². The predicted octanol–water partition coefficient (Wildman–Crippen LogP) is 3.90. The van der Waals surface area contributed by atoms with Crippen LogP contribution in [0.5, 0.6) is 0 Å². The molecule has 0 aliphatic carbocycles. The molecular weight excluding hydrogens is 386 g/mol. The Morgan fingerprint density at radius 1 is 0.710 bits per heavy atom. The molecule has 3 heterocycles. The predicted molar refractivity (Wildman–Crippen MR) is 121 cm³/mol. The summed E-state index contributed by atoms with van der Waals surface area (Å²) in [7, 11) is 0. The Balaban J connectivity index is 1.23. The molecule has 31 heavy (non-hydrogen) atoms. The van der Waals surface area contributed by atoms with Crippen molar-refractivity contribution >= 4 is 11.7 Å². The molecule has 5 rings (SSSR count). The van der Waals surface area contributed by atoms with Gasteiger partial charge < -0.3 is 14.4 Å². The third-order valence-electron chi connectivity index (χ3n) is 5.64. The van der Waals surface area contributed by atoms with Crippen LogP contribution >= 0.6 is 0 Å². The standard InChI is InChI=1S/C25H23N5O/c31-25(22-10-8-21(9-11-22)20-6-2-1-3-7-20)30-16-14-29(15-17-30)24-18-23(26-19-27-24)28-12-4-5-13-28/h1-13,18-19H,14-17H2. The molecule has 0 unspecified atom stereocenters. The fraction of sp³-hybridized carbons (Fsp3) is 0.160. The molecule has 2 aromatic heterocycles. The van der Waals surface area contributed by atoms with Crippen LogP contribution in [0, 0.1) is 0 Å². The molecule has 6 nitrogen and oxygen atoms in total. The molecule has 154 valence electrons. The average molecular weight is 409 g/mol. The molecule has 1 fully saturated rings. The first-order valence-electron chi connectivity index (χ1n) is 10.4. The minimum Gasteiger partial charge on any atom is -0.353 e. The Morgan fingerprint density at radius 2 is 1.35 bits per heavy atom. The summed E-state index contributed by atoms with van der Waals surface area (Å²) in [5, 5.41) is 0. The lowest BCUT2D eigenvalue weighted by atomic mass is 10.0. The summed E-state index contributed by atoms with van der Waals surface area (Å²) in [5.74, 6) is 1.81. The van der Waals surface area contributed by atoms with Crippen LogP contribution in [-0.2, 0) is 0 Å². The number of hydrogen-bond donors (Lipinski definition) is 0. The lowest BCUT2D eigenvalue weighted by molar-refractivity contribution is 0.0746. The van der Waals surface area contributed by atoms with Crippen molar-refractivity contribution in [2.24, 2.45) is 0 Å². The average Bonchev–Trinajstić information content (AvgIpc) is 3.40. The summed E-state index contributed by atoms with van der Waals surface area (Å²) >= 11 is 0. The van der Waals surface area contributed by atoms with Gasteiger partial charge in [-0.1, -0.05) is 42.5 Å². The molecule has 1 aliphatic rings. The molecule has 0 N–H and O–H groups in total. The lowest BCUT2D eigenvalue weighted by Gasteiger charge is -2.35. The highest BCUT2D eigenvalue weighted by atomic mass is 16.2. The van der Waals surface area contributed by atoms with Crippen LogP contribution < -0.4 is 4.90 Å². The van der Waals surface area contributed by atoms with Gasteiger partial charge in [0.15, 0.2) is 0 Å². The van der Waals surface area contributed by atoms with E-state index in [4.69, 9.17) is 0 Å². The van der Waals surface area contributed by atoms with Gasteiger partial charge in [-0.15, -0.1) is 0 Å². The summed E-state index contributed by atoms with van der Waals surface area (Å²) in [5.41, 5.74) is 2.99. The molecule has 1 amide bonds. The number of rotatable bonds is 4. The zero-order valence-electron chi connectivity index (χ0n) is 17.1. The van der Waals surface area contributed by atoms with Gasteiger partial charge >= 0.3 is 0 Å². The highest BCUT2D eigenvalue weighted by Gasteiger charge is 2.23. The van der Waals surface area contributed by atoms with Gasteiger partial charge in [0, 0.05) is 50.2 Å². The first-order chi connectivity index (χ1) is 15.3. The SMILES string of the molecule is O=C(c1ccc(-c2ccccc2)cc1)N1CCN(c2cc(-n3cccc3)ncn2)CC1. The van der Waals surface area contributed by atoms with Gasteiger partial charge in [-0.05, 0) is 35.4 Å². The van der Waals surface area contributed by atoms with E-state index >= 15 is 0 Å². The number of hydrogen-bond acceptors (Lipinski definition) is 4. The monoisotopic (exact) mass is 409 g/mol. The summed E-state index contributed by atoms with van der Waals surface area (Å²) in [6.07, 6.45) is 5.52. The summed E-state index contributed by atoms with van der Waals surface area (Å²) in [6, 6.07) is 24.0. The molecule has 1 saturated heterocycles. The van der Waals surface area contributed by atoms with Gasteiger partial charge in [-0.2, -0.15) is 0 Å². The molecule has 4 aromatic rings. The van der Waals surface area contributed by atoms with Crippen LogP contribution in [0.3, 0.4) is 0 Å². The summed E-state index contributed by atoms with van der Waals surface area (Å²) in [4.78, 5) is 25.9. The van der Waals surface area contributed by atoms with E-state index in [-0.39, 0.29) is 5.91 Å². The summed E-state index contributed by atoms with van der Waals surface area (Å²) in [6.45, 7) is 2.83. The van der Waals surface area contributed by atoms with Gasteiger partial charge in [0.1, 0.15) is 18.0 Å². The van der Waals surface area contributed by atoms with Gasteiger partial charge in [0.05, 0.1) is 0 Å². The van der Waals surface area contributed by atoms with Crippen LogP contribution in [0.15, 0.2) is 91.5 Å². The Bertz CT molecular complexity index is 1150. The lowest BCUT2D eigenvalue weighted by Crippen LogP contribution is -2.49. The van der Waals surface area contributed by atoms with Crippen LogP contribution in [0.25, 0.3) is 16.9 Å². The molecule has 0 spiro atoms. The van der Waals surface area contributed by atoms with Crippen molar-refractivity contribution < 1.29 is 4.79 Å². The fourth-order valence-corrected chi connectivity index (χ4v) is 3.90. The van der Waals surface area contributed by atoms with E-state index in [0.717, 1.165) is 41.4 Å². The number of benzene rings is 2. The highest BCUT2D eigenvalue weighted by Crippen LogP contribution is 2.21. The molecule has 0 radical (unpaired) electrons. The second-order valence-electron chi connectivity index (χ2n) is 7.55. The number of carbonyl (C=O) groups excluding carboxylic acids is 1. The Labute approximate surface area is 181 Å². The third-order valence-corrected chi connectivity index (χ3v) is 5.64. The van der Waals surface area contributed by atoms with Crippen LogP contribution in [0.1, 0.15) is 10.4 Å². The topological polar surface area (TPSA) is 54.3 Å². The maximum atomic E-state index is 13.0. The quantitative estimate of drug-likeness (QED) is 0.513. The van der Waals surface area contributed by atoms with Crippen molar-refractivity contribution in [3.63, 3.8) is 0 Å². The van der Waals surface area contributed by atoms with E-state index < -0.39 is 0 Å². The van der Waals surface area contributed by atoms with Crippen molar-refractivity contribution in [1.29, 1.82) is 0 Å². The molecule has 0 bridgehead atoms. The highest BCUT2D eigenvalue weighted by molar-refractivity contribution is 5.95. The number of carbonyl (C=O) groups is 1. The Morgan fingerprint density at radius 3 is 2.06 bits per heavy atom. The van der Waals surface area contributed by atoms with Crippen LogP contribution in [0.4, 0.5) is 5.82 Å². The first kappa shape index (κ1) is 19.1. The molecule has 0 saturated carbocycles. The minimum absolute atomic E-state index is 0.0787. The van der Waals surface area contributed by atoms with Crippen LogP contribution in [0.2, 0.25) is 0 Å². The molecule has 2 aromatic carbocycles. The Hall–Kier alpha value is -3.93.